The molecule has 0 spiro atoms. The average molecular weight is 316 g/mol. The number of amides is 2. The third-order valence-electron chi connectivity index (χ3n) is 3.52. The monoisotopic (exact) mass is 316 g/mol. The molecule has 1 aliphatic rings. The van der Waals surface area contributed by atoms with Gasteiger partial charge in [0.1, 0.15) is 5.71 Å². The first-order valence-corrected chi connectivity index (χ1v) is 7.79. The lowest BCUT2D eigenvalue weighted by atomic mass is 10.1. The predicted octanol–water partition coefficient (Wildman–Crippen LogP) is 2.46. The Labute approximate surface area is 131 Å². The third-order valence-corrected chi connectivity index (χ3v) is 4.44. The summed E-state index contributed by atoms with van der Waals surface area (Å²) in [6.45, 7) is 4.04. The minimum absolute atomic E-state index is 0.0809. The number of thiazole rings is 1. The maximum atomic E-state index is 12.2. The Balaban J connectivity index is 1.84. The summed E-state index contributed by atoms with van der Waals surface area (Å²) in [5, 5.41) is 8.56. The molecule has 6 nitrogen and oxygen atoms in total. The number of carbonyl (C=O) groups excluding carboxylic acids is 2. The van der Waals surface area contributed by atoms with Crippen molar-refractivity contribution in [2.45, 2.75) is 26.7 Å². The summed E-state index contributed by atoms with van der Waals surface area (Å²) >= 11 is 1.44. The van der Waals surface area contributed by atoms with Crippen LogP contribution in [0, 0.1) is 13.8 Å². The van der Waals surface area contributed by atoms with Gasteiger partial charge in [-0.15, -0.1) is 0 Å². The largest absolute Gasteiger partial charge is 0.297 e. The number of aryl methyl sites for hydroxylation is 2. The molecule has 0 bridgehead atoms. The van der Waals surface area contributed by atoms with Crippen molar-refractivity contribution in [3.63, 3.8) is 0 Å². The van der Waals surface area contributed by atoms with E-state index in [9.17, 15) is 9.59 Å². The number of hydrazone groups is 1. The molecule has 0 saturated heterocycles. The molecule has 0 unspecified atom stereocenters. The minimum Gasteiger partial charge on any atom is -0.297 e. The van der Waals surface area contributed by atoms with Crippen molar-refractivity contribution in [1.82, 2.24) is 9.99 Å². The van der Waals surface area contributed by atoms with Gasteiger partial charge in [0.05, 0.1) is 10.2 Å². The number of aromatic nitrogens is 1. The SMILES string of the molecule is Cc1cc(C)c2nc(NC(=O)C3=NN(C)C(=O)CC3)sc2c1. The molecule has 0 saturated carbocycles. The molecule has 3 rings (SSSR count). The van der Waals surface area contributed by atoms with Gasteiger partial charge in [-0.25, -0.2) is 9.99 Å². The Morgan fingerprint density at radius 3 is 2.82 bits per heavy atom. The molecule has 1 aromatic carbocycles. The fraction of sp³-hybridized carbons (Fsp3) is 0.333. The molecule has 0 aliphatic carbocycles. The first-order valence-electron chi connectivity index (χ1n) is 6.97. The molecule has 2 amide bonds. The zero-order valence-corrected chi connectivity index (χ0v) is 13.5. The fourth-order valence-electron chi connectivity index (χ4n) is 2.43. The van der Waals surface area contributed by atoms with E-state index < -0.39 is 0 Å². The lowest BCUT2D eigenvalue weighted by Crippen LogP contribution is -2.34. The van der Waals surface area contributed by atoms with Crippen LogP contribution in [0.3, 0.4) is 0 Å². The number of anilines is 1. The van der Waals surface area contributed by atoms with Crippen LogP contribution in [0.2, 0.25) is 0 Å². The summed E-state index contributed by atoms with van der Waals surface area (Å²) in [5.41, 5.74) is 3.52. The van der Waals surface area contributed by atoms with Gasteiger partial charge < -0.3 is 0 Å². The van der Waals surface area contributed by atoms with E-state index in [1.165, 1.54) is 21.9 Å². The highest BCUT2D eigenvalue weighted by molar-refractivity contribution is 7.22. The van der Waals surface area contributed by atoms with Crippen molar-refractivity contribution in [3.05, 3.63) is 23.3 Å². The molecule has 0 atom stereocenters. The number of hydrogen-bond donors (Lipinski definition) is 1. The number of hydrogen-bond acceptors (Lipinski definition) is 5. The van der Waals surface area contributed by atoms with Gasteiger partial charge in [-0.2, -0.15) is 5.10 Å². The Bertz CT molecular complexity index is 809. The van der Waals surface area contributed by atoms with Gasteiger partial charge in [0.2, 0.25) is 5.91 Å². The number of nitrogens with zero attached hydrogens (tertiary/aromatic N) is 3. The lowest BCUT2D eigenvalue weighted by Gasteiger charge is -2.18. The van der Waals surface area contributed by atoms with E-state index in [1.807, 2.05) is 13.8 Å². The van der Waals surface area contributed by atoms with Gasteiger partial charge in [0.25, 0.3) is 5.91 Å². The number of rotatable bonds is 2. The highest BCUT2D eigenvalue weighted by atomic mass is 32.1. The van der Waals surface area contributed by atoms with E-state index in [0.717, 1.165) is 15.8 Å². The van der Waals surface area contributed by atoms with Crippen LogP contribution < -0.4 is 5.32 Å². The Kier molecular flexibility index (Phi) is 3.66. The van der Waals surface area contributed by atoms with Crippen molar-refractivity contribution in [1.29, 1.82) is 0 Å². The van der Waals surface area contributed by atoms with Gasteiger partial charge in [0.15, 0.2) is 5.13 Å². The van der Waals surface area contributed by atoms with E-state index >= 15 is 0 Å². The van der Waals surface area contributed by atoms with E-state index in [1.54, 1.807) is 7.05 Å². The topological polar surface area (TPSA) is 74.7 Å². The molecule has 7 heteroatoms. The molecule has 22 heavy (non-hydrogen) atoms. The number of nitrogens with one attached hydrogen (secondary N) is 1. The zero-order valence-electron chi connectivity index (χ0n) is 12.6. The fourth-order valence-corrected chi connectivity index (χ4v) is 3.46. The number of benzene rings is 1. The van der Waals surface area contributed by atoms with Gasteiger partial charge in [-0.05, 0) is 31.0 Å². The molecule has 1 aromatic heterocycles. The first-order chi connectivity index (χ1) is 10.4. The van der Waals surface area contributed by atoms with E-state index in [0.29, 0.717) is 23.7 Å². The zero-order chi connectivity index (χ0) is 15.9. The molecule has 1 aliphatic heterocycles. The second-order valence-electron chi connectivity index (χ2n) is 5.37. The molecule has 0 radical (unpaired) electrons. The average Bonchev–Trinajstić information content (AvgIpc) is 2.84. The standard InChI is InChI=1S/C15H16N4O2S/c1-8-6-9(2)13-11(7-8)22-15(16-13)17-14(21)10-4-5-12(20)19(3)18-10/h6-7H,4-5H2,1-3H3,(H,16,17,21). The highest BCUT2D eigenvalue weighted by Gasteiger charge is 2.22. The predicted molar refractivity (Wildman–Crippen MR) is 87.2 cm³/mol. The molecule has 2 aromatic rings. The molecule has 1 N–H and O–H groups in total. The maximum absolute atomic E-state index is 12.2. The smallest absolute Gasteiger partial charge is 0.273 e. The van der Waals surface area contributed by atoms with Crippen molar-refractivity contribution >= 4 is 44.2 Å². The Hall–Kier alpha value is -2.28. The summed E-state index contributed by atoms with van der Waals surface area (Å²) in [6, 6.07) is 4.12. The van der Waals surface area contributed by atoms with Crippen LogP contribution in [0.1, 0.15) is 24.0 Å². The van der Waals surface area contributed by atoms with Crippen molar-refractivity contribution in [2.75, 3.05) is 12.4 Å². The van der Waals surface area contributed by atoms with Gasteiger partial charge in [-0.3, -0.25) is 14.9 Å². The van der Waals surface area contributed by atoms with Gasteiger partial charge >= 0.3 is 0 Å². The quantitative estimate of drug-likeness (QED) is 0.925. The van der Waals surface area contributed by atoms with E-state index in [-0.39, 0.29) is 11.8 Å². The Morgan fingerprint density at radius 2 is 2.09 bits per heavy atom. The molecular formula is C15H16N4O2S. The summed E-state index contributed by atoms with van der Waals surface area (Å²) in [7, 11) is 1.55. The van der Waals surface area contributed by atoms with Crippen LogP contribution >= 0.6 is 11.3 Å². The molecule has 0 fully saturated rings. The molecule has 114 valence electrons. The van der Waals surface area contributed by atoms with Crippen LogP contribution in [0.5, 0.6) is 0 Å². The minimum atomic E-state index is -0.298. The lowest BCUT2D eigenvalue weighted by molar-refractivity contribution is -0.130. The third kappa shape index (κ3) is 2.71. The Morgan fingerprint density at radius 1 is 1.32 bits per heavy atom. The van der Waals surface area contributed by atoms with Gasteiger partial charge in [0, 0.05) is 19.9 Å². The van der Waals surface area contributed by atoms with Crippen LogP contribution in [0.15, 0.2) is 17.2 Å². The maximum Gasteiger partial charge on any atom is 0.273 e. The van der Waals surface area contributed by atoms with Crippen molar-refractivity contribution in [3.8, 4) is 0 Å². The number of carbonyl (C=O) groups is 2. The van der Waals surface area contributed by atoms with E-state index in [2.05, 4.69) is 27.5 Å². The highest BCUT2D eigenvalue weighted by Crippen LogP contribution is 2.29. The van der Waals surface area contributed by atoms with Crippen LogP contribution in [-0.4, -0.2) is 34.6 Å². The van der Waals surface area contributed by atoms with E-state index in [4.69, 9.17) is 0 Å². The first kappa shape index (κ1) is 14.6. The number of fused-ring (bicyclic) bond motifs is 1. The van der Waals surface area contributed by atoms with Crippen molar-refractivity contribution in [2.24, 2.45) is 5.10 Å². The van der Waals surface area contributed by atoms with Crippen LogP contribution in [0.25, 0.3) is 10.2 Å². The summed E-state index contributed by atoms with van der Waals surface area (Å²) in [5.74, 6) is -0.379. The summed E-state index contributed by atoms with van der Waals surface area (Å²) in [6.07, 6.45) is 0.666. The summed E-state index contributed by atoms with van der Waals surface area (Å²) in [4.78, 5) is 28.1. The second-order valence-corrected chi connectivity index (χ2v) is 6.40. The van der Waals surface area contributed by atoms with Crippen LogP contribution in [-0.2, 0) is 9.59 Å². The molecular weight excluding hydrogens is 300 g/mol. The van der Waals surface area contributed by atoms with Gasteiger partial charge in [-0.1, -0.05) is 17.4 Å². The second kappa shape index (κ2) is 5.49. The normalized spacial score (nSPS) is 15.1. The van der Waals surface area contributed by atoms with Crippen LogP contribution in [0.4, 0.5) is 5.13 Å². The summed E-state index contributed by atoms with van der Waals surface area (Å²) < 4.78 is 1.05. The van der Waals surface area contributed by atoms with Crippen molar-refractivity contribution < 1.29 is 9.59 Å². The molecule has 2 heterocycles.